The van der Waals surface area contributed by atoms with Crippen LogP contribution in [-0.4, -0.2) is 27.7 Å². The molecule has 1 aliphatic rings. The van der Waals surface area contributed by atoms with Crippen molar-refractivity contribution in [3.8, 4) is 11.5 Å². The van der Waals surface area contributed by atoms with E-state index in [1.54, 1.807) is 19.2 Å². The first-order chi connectivity index (χ1) is 14.7. The molecule has 2 N–H and O–H groups in total. The lowest BCUT2D eigenvalue weighted by atomic mass is 10.2. The van der Waals surface area contributed by atoms with Crippen molar-refractivity contribution in [2.75, 3.05) is 17.4 Å². The van der Waals surface area contributed by atoms with Gasteiger partial charge in [-0.15, -0.1) is 0 Å². The van der Waals surface area contributed by atoms with Crippen LogP contribution in [0.25, 0.3) is 10.9 Å². The summed E-state index contributed by atoms with van der Waals surface area (Å²) >= 11 is 0. The molecule has 0 saturated heterocycles. The Morgan fingerprint density at radius 2 is 1.87 bits per heavy atom. The molecule has 2 aromatic carbocycles. The Balaban J connectivity index is 1.40. The van der Waals surface area contributed by atoms with Crippen LogP contribution in [-0.2, 0) is 0 Å². The number of para-hydroxylation sites is 1. The lowest BCUT2D eigenvalue weighted by Gasteiger charge is -2.10. The summed E-state index contributed by atoms with van der Waals surface area (Å²) in [5.41, 5.74) is 2.36. The van der Waals surface area contributed by atoms with Gasteiger partial charge in [-0.2, -0.15) is 0 Å². The minimum absolute atomic E-state index is 0.207. The number of aryl methyl sites for hydroxylation is 1. The van der Waals surface area contributed by atoms with Gasteiger partial charge in [0, 0.05) is 29.4 Å². The van der Waals surface area contributed by atoms with Crippen molar-refractivity contribution < 1.29 is 14.3 Å². The molecule has 1 aliphatic heterocycles. The van der Waals surface area contributed by atoms with Crippen LogP contribution in [0.1, 0.15) is 16.3 Å². The minimum atomic E-state index is -0.340. The topological polar surface area (TPSA) is 98.3 Å². The zero-order valence-corrected chi connectivity index (χ0v) is 16.0. The van der Waals surface area contributed by atoms with Gasteiger partial charge in [0.05, 0.1) is 11.2 Å². The Hall–Kier alpha value is -4.20. The minimum Gasteiger partial charge on any atom is -0.454 e. The van der Waals surface area contributed by atoms with Gasteiger partial charge in [0.2, 0.25) is 6.79 Å². The second kappa shape index (κ2) is 7.32. The number of anilines is 3. The molecule has 30 heavy (non-hydrogen) atoms. The lowest BCUT2D eigenvalue weighted by molar-refractivity contribution is 0.102. The van der Waals surface area contributed by atoms with Gasteiger partial charge in [0.25, 0.3) is 5.91 Å². The Kier molecular flexibility index (Phi) is 4.36. The summed E-state index contributed by atoms with van der Waals surface area (Å²) in [5.74, 6) is 1.99. The summed E-state index contributed by atoms with van der Waals surface area (Å²) in [6, 6.07) is 16.5. The van der Waals surface area contributed by atoms with Crippen molar-refractivity contribution in [3.05, 3.63) is 72.3 Å². The van der Waals surface area contributed by atoms with Crippen LogP contribution in [0.4, 0.5) is 17.2 Å². The highest BCUT2D eigenvalue weighted by Gasteiger charge is 2.15. The lowest BCUT2D eigenvalue weighted by Crippen LogP contribution is -2.15. The molecule has 3 heterocycles. The van der Waals surface area contributed by atoms with Gasteiger partial charge >= 0.3 is 0 Å². The van der Waals surface area contributed by atoms with Gasteiger partial charge in [0.15, 0.2) is 11.5 Å². The maximum atomic E-state index is 12.9. The molecule has 8 heteroatoms. The molecule has 0 aliphatic carbocycles. The summed E-state index contributed by atoms with van der Waals surface area (Å²) in [7, 11) is 0. The van der Waals surface area contributed by atoms with E-state index in [1.165, 1.54) is 0 Å². The summed E-state index contributed by atoms with van der Waals surface area (Å²) in [5, 5.41) is 7.03. The monoisotopic (exact) mass is 399 g/mol. The van der Waals surface area contributed by atoms with Crippen LogP contribution < -0.4 is 20.1 Å². The first kappa shape index (κ1) is 17.9. The van der Waals surface area contributed by atoms with Gasteiger partial charge < -0.3 is 20.1 Å². The first-order valence-corrected chi connectivity index (χ1v) is 9.33. The molecule has 0 atom stereocenters. The third-order valence-corrected chi connectivity index (χ3v) is 4.60. The van der Waals surface area contributed by atoms with Crippen molar-refractivity contribution in [3.63, 3.8) is 0 Å². The Morgan fingerprint density at radius 3 is 2.80 bits per heavy atom. The average Bonchev–Trinajstić information content (AvgIpc) is 3.21. The third-order valence-electron chi connectivity index (χ3n) is 4.60. The van der Waals surface area contributed by atoms with Gasteiger partial charge in [-0.25, -0.2) is 9.97 Å². The number of carbonyl (C=O) groups is 1. The predicted molar refractivity (Wildman–Crippen MR) is 112 cm³/mol. The number of ether oxygens (including phenoxy) is 2. The molecule has 0 bridgehead atoms. The zero-order chi connectivity index (χ0) is 20.5. The first-order valence-electron chi connectivity index (χ1n) is 9.33. The van der Waals surface area contributed by atoms with Crippen molar-refractivity contribution in [2.24, 2.45) is 0 Å². The van der Waals surface area contributed by atoms with Gasteiger partial charge in [-0.05, 0) is 31.2 Å². The van der Waals surface area contributed by atoms with Crippen LogP contribution in [0.2, 0.25) is 0 Å². The van der Waals surface area contributed by atoms with E-state index in [2.05, 4.69) is 25.6 Å². The van der Waals surface area contributed by atoms with E-state index in [0.717, 1.165) is 16.6 Å². The number of aromatic nitrogens is 3. The zero-order valence-electron chi connectivity index (χ0n) is 16.0. The number of fused-ring (bicyclic) bond motifs is 2. The fourth-order valence-corrected chi connectivity index (χ4v) is 3.26. The molecule has 148 valence electrons. The van der Waals surface area contributed by atoms with Crippen LogP contribution in [0.5, 0.6) is 11.5 Å². The van der Waals surface area contributed by atoms with E-state index in [-0.39, 0.29) is 18.4 Å². The molecule has 1 amide bonds. The highest BCUT2D eigenvalue weighted by atomic mass is 16.7. The van der Waals surface area contributed by atoms with E-state index in [4.69, 9.17) is 9.47 Å². The van der Waals surface area contributed by atoms with Crippen LogP contribution in [0.15, 0.2) is 60.8 Å². The predicted octanol–water partition coefficient (Wildman–Crippen LogP) is 4.06. The van der Waals surface area contributed by atoms with Crippen LogP contribution >= 0.6 is 0 Å². The van der Waals surface area contributed by atoms with E-state index < -0.39 is 0 Å². The van der Waals surface area contributed by atoms with Crippen molar-refractivity contribution >= 4 is 34.0 Å². The summed E-state index contributed by atoms with van der Waals surface area (Å²) in [6.45, 7) is 1.94. The third kappa shape index (κ3) is 3.46. The summed E-state index contributed by atoms with van der Waals surface area (Å²) in [6.07, 6.45) is 1.69. The molecule has 0 spiro atoms. The molecule has 2 aromatic heterocycles. The quantitative estimate of drug-likeness (QED) is 0.534. The van der Waals surface area contributed by atoms with Crippen LogP contribution in [0, 0.1) is 6.92 Å². The fourth-order valence-electron chi connectivity index (χ4n) is 3.26. The molecule has 0 fully saturated rings. The number of hydrogen-bond acceptors (Lipinski definition) is 7. The number of amides is 1. The van der Waals surface area contributed by atoms with E-state index in [1.807, 2.05) is 48.5 Å². The molecular weight excluding hydrogens is 382 g/mol. The average molecular weight is 399 g/mol. The molecule has 0 radical (unpaired) electrons. The number of hydrogen-bond donors (Lipinski definition) is 2. The number of pyridine rings is 1. The largest absolute Gasteiger partial charge is 0.454 e. The molecular formula is C22H17N5O3. The number of nitrogens with one attached hydrogen (secondary N) is 2. The maximum Gasteiger partial charge on any atom is 0.274 e. The normalized spacial score (nSPS) is 12.0. The maximum absolute atomic E-state index is 12.9. The van der Waals surface area contributed by atoms with E-state index in [0.29, 0.717) is 28.8 Å². The Bertz CT molecular complexity index is 1270. The summed E-state index contributed by atoms with van der Waals surface area (Å²) in [4.78, 5) is 25.9. The number of benzene rings is 2. The van der Waals surface area contributed by atoms with Crippen molar-refractivity contribution in [2.45, 2.75) is 6.92 Å². The van der Waals surface area contributed by atoms with Crippen molar-refractivity contribution in [1.29, 1.82) is 0 Å². The highest BCUT2D eigenvalue weighted by Crippen LogP contribution is 2.35. The number of carbonyl (C=O) groups excluding carboxylic acids is 1. The van der Waals surface area contributed by atoms with Gasteiger partial charge in [-0.1, -0.05) is 18.2 Å². The van der Waals surface area contributed by atoms with Gasteiger partial charge in [0.1, 0.15) is 17.3 Å². The molecule has 0 unspecified atom stereocenters. The molecule has 5 rings (SSSR count). The fraction of sp³-hybridized carbons (Fsp3) is 0.0909. The van der Waals surface area contributed by atoms with E-state index in [9.17, 15) is 4.79 Å². The van der Waals surface area contributed by atoms with Gasteiger partial charge in [-0.3, -0.25) is 9.78 Å². The Labute approximate surface area is 171 Å². The standard InChI is InChI=1S/C22H17N5O3/c1-13-24-17(22(28)27-16-6-2-4-14-5-3-9-23-21(14)16)11-20(25-13)26-15-7-8-18-19(10-15)30-12-29-18/h2-11H,12H2,1H3,(H,27,28)(H,24,25,26). The smallest absolute Gasteiger partial charge is 0.274 e. The number of nitrogens with zero attached hydrogens (tertiary/aromatic N) is 3. The molecule has 8 nitrogen and oxygen atoms in total. The SMILES string of the molecule is Cc1nc(Nc2ccc3c(c2)OCO3)cc(C(=O)Nc2cccc3cccnc23)n1. The second-order valence-electron chi connectivity index (χ2n) is 6.71. The Morgan fingerprint density at radius 1 is 1.00 bits per heavy atom. The molecule has 0 saturated carbocycles. The number of rotatable bonds is 4. The second-order valence-corrected chi connectivity index (χ2v) is 6.71. The van der Waals surface area contributed by atoms with Crippen molar-refractivity contribution in [1.82, 2.24) is 15.0 Å². The summed E-state index contributed by atoms with van der Waals surface area (Å²) < 4.78 is 10.7. The van der Waals surface area contributed by atoms with Crippen LogP contribution in [0.3, 0.4) is 0 Å². The highest BCUT2D eigenvalue weighted by molar-refractivity contribution is 6.07. The van der Waals surface area contributed by atoms with E-state index >= 15 is 0 Å². The molecule has 4 aromatic rings.